The van der Waals surface area contributed by atoms with Crippen LogP contribution in [0.2, 0.25) is 0 Å². The summed E-state index contributed by atoms with van der Waals surface area (Å²) in [7, 11) is 2.04. The van der Waals surface area contributed by atoms with E-state index in [4.69, 9.17) is 21.3 Å². The van der Waals surface area contributed by atoms with E-state index in [1.165, 1.54) is 0 Å². The SMILES string of the molecule is CC(C)OCCN(C)c1cc(CCl)cc(C(C)(C)C)n1. The van der Waals surface area contributed by atoms with Gasteiger partial charge in [-0.3, -0.25) is 0 Å². The number of ether oxygens (including phenoxy) is 1. The third kappa shape index (κ3) is 5.29. The summed E-state index contributed by atoms with van der Waals surface area (Å²) in [6, 6.07) is 4.15. The standard InChI is InChI=1S/C16H27ClN2O/c1-12(2)20-8-7-19(6)15-10-13(11-17)9-14(18-15)16(3,4)5/h9-10,12H,7-8,11H2,1-6H3. The summed E-state index contributed by atoms with van der Waals surface area (Å²) in [6.07, 6.45) is 0.260. The molecule has 114 valence electrons. The van der Waals surface area contributed by atoms with Crippen LogP contribution < -0.4 is 4.90 Å². The second kappa shape index (κ2) is 7.28. The van der Waals surface area contributed by atoms with Crippen LogP contribution in [0.25, 0.3) is 0 Å². The lowest BCUT2D eigenvalue weighted by atomic mass is 9.91. The number of pyridine rings is 1. The summed E-state index contributed by atoms with van der Waals surface area (Å²) in [5, 5.41) is 0. The molecular formula is C16H27ClN2O. The Morgan fingerprint density at radius 1 is 1.30 bits per heavy atom. The predicted molar refractivity (Wildman–Crippen MR) is 86.9 cm³/mol. The first kappa shape index (κ1) is 17.3. The van der Waals surface area contributed by atoms with Gasteiger partial charge in [-0.2, -0.15) is 0 Å². The number of anilines is 1. The minimum absolute atomic E-state index is 0.0199. The minimum atomic E-state index is 0.0199. The fourth-order valence-electron chi connectivity index (χ4n) is 1.77. The third-order valence-corrected chi connectivity index (χ3v) is 3.37. The van der Waals surface area contributed by atoms with Crippen molar-refractivity contribution in [2.24, 2.45) is 0 Å². The number of hydrogen-bond donors (Lipinski definition) is 0. The average molecular weight is 299 g/mol. The van der Waals surface area contributed by atoms with Gasteiger partial charge in [-0.1, -0.05) is 20.8 Å². The van der Waals surface area contributed by atoms with Crippen molar-refractivity contribution in [2.45, 2.75) is 52.0 Å². The lowest BCUT2D eigenvalue weighted by molar-refractivity contribution is 0.0845. The van der Waals surface area contributed by atoms with E-state index in [0.717, 1.165) is 23.6 Å². The fourth-order valence-corrected chi connectivity index (χ4v) is 1.92. The van der Waals surface area contributed by atoms with Crippen LogP contribution in [0.15, 0.2) is 12.1 Å². The van der Waals surface area contributed by atoms with E-state index in [9.17, 15) is 0 Å². The molecule has 0 aliphatic rings. The van der Waals surface area contributed by atoms with Crippen molar-refractivity contribution in [3.63, 3.8) is 0 Å². The Morgan fingerprint density at radius 3 is 2.45 bits per heavy atom. The van der Waals surface area contributed by atoms with Crippen LogP contribution in [0.4, 0.5) is 5.82 Å². The quantitative estimate of drug-likeness (QED) is 0.743. The number of rotatable bonds is 6. The molecule has 4 heteroatoms. The molecule has 0 saturated carbocycles. The van der Waals surface area contributed by atoms with Gasteiger partial charge in [0.25, 0.3) is 0 Å². The molecule has 0 aromatic carbocycles. The highest BCUT2D eigenvalue weighted by Crippen LogP contribution is 2.25. The number of likely N-dealkylation sites (N-methyl/N-ethyl adjacent to an activating group) is 1. The molecule has 0 fully saturated rings. The molecule has 0 amide bonds. The second-order valence-corrected chi connectivity index (χ2v) is 6.71. The highest BCUT2D eigenvalue weighted by Gasteiger charge is 2.18. The second-order valence-electron chi connectivity index (χ2n) is 6.44. The summed E-state index contributed by atoms with van der Waals surface area (Å²) in [5.74, 6) is 1.47. The Labute approximate surface area is 128 Å². The number of halogens is 1. The molecule has 0 aliphatic carbocycles. The monoisotopic (exact) mass is 298 g/mol. The Kier molecular flexibility index (Phi) is 6.28. The van der Waals surface area contributed by atoms with Gasteiger partial charge in [0, 0.05) is 30.6 Å². The summed E-state index contributed by atoms with van der Waals surface area (Å²) in [6.45, 7) is 12.1. The van der Waals surface area contributed by atoms with Crippen molar-refractivity contribution in [3.8, 4) is 0 Å². The van der Waals surface area contributed by atoms with Crippen LogP contribution in [0.5, 0.6) is 0 Å². The maximum Gasteiger partial charge on any atom is 0.128 e. The number of aromatic nitrogens is 1. The maximum absolute atomic E-state index is 6.00. The van der Waals surface area contributed by atoms with Gasteiger partial charge in [-0.25, -0.2) is 4.98 Å². The van der Waals surface area contributed by atoms with Crippen molar-refractivity contribution < 1.29 is 4.74 Å². The van der Waals surface area contributed by atoms with E-state index in [2.05, 4.69) is 37.8 Å². The van der Waals surface area contributed by atoms with Crippen LogP contribution in [0.3, 0.4) is 0 Å². The van der Waals surface area contributed by atoms with E-state index in [0.29, 0.717) is 12.5 Å². The average Bonchev–Trinajstić information content (AvgIpc) is 2.36. The molecule has 20 heavy (non-hydrogen) atoms. The van der Waals surface area contributed by atoms with Gasteiger partial charge in [0.1, 0.15) is 5.82 Å². The molecule has 3 nitrogen and oxygen atoms in total. The van der Waals surface area contributed by atoms with E-state index in [-0.39, 0.29) is 11.5 Å². The normalized spacial score (nSPS) is 12.0. The minimum Gasteiger partial charge on any atom is -0.377 e. The zero-order chi connectivity index (χ0) is 15.3. The Morgan fingerprint density at radius 2 is 1.95 bits per heavy atom. The molecule has 0 N–H and O–H groups in total. The Bertz CT molecular complexity index is 427. The first-order chi connectivity index (χ1) is 9.24. The van der Waals surface area contributed by atoms with E-state index in [1.54, 1.807) is 0 Å². The molecule has 0 radical (unpaired) electrons. The molecule has 1 aromatic rings. The summed E-state index contributed by atoms with van der Waals surface area (Å²) in [5.41, 5.74) is 2.20. The number of nitrogens with zero attached hydrogens (tertiary/aromatic N) is 2. The first-order valence-corrected chi connectivity index (χ1v) is 7.67. The predicted octanol–water partition coefficient (Wildman–Crippen LogP) is 3.98. The van der Waals surface area contributed by atoms with Crippen LogP contribution in [0, 0.1) is 0 Å². The van der Waals surface area contributed by atoms with E-state index >= 15 is 0 Å². The van der Waals surface area contributed by atoms with Crippen molar-refractivity contribution in [3.05, 3.63) is 23.4 Å². The zero-order valence-electron chi connectivity index (χ0n) is 13.5. The molecule has 1 heterocycles. The van der Waals surface area contributed by atoms with Crippen LogP contribution in [-0.2, 0) is 16.0 Å². The first-order valence-electron chi connectivity index (χ1n) is 7.14. The molecule has 0 saturated heterocycles. The zero-order valence-corrected chi connectivity index (χ0v) is 14.3. The highest BCUT2D eigenvalue weighted by atomic mass is 35.5. The van der Waals surface area contributed by atoms with Gasteiger partial charge in [-0.05, 0) is 31.5 Å². The Balaban J connectivity index is 2.88. The summed E-state index contributed by atoms with van der Waals surface area (Å²) < 4.78 is 5.59. The molecule has 1 aromatic heterocycles. The van der Waals surface area contributed by atoms with Crippen molar-refractivity contribution in [1.29, 1.82) is 0 Å². The van der Waals surface area contributed by atoms with Crippen molar-refractivity contribution in [2.75, 3.05) is 25.1 Å². The third-order valence-electron chi connectivity index (χ3n) is 3.06. The van der Waals surface area contributed by atoms with Crippen LogP contribution in [-0.4, -0.2) is 31.3 Å². The van der Waals surface area contributed by atoms with Crippen LogP contribution >= 0.6 is 11.6 Å². The molecule has 0 spiro atoms. The lowest BCUT2D eigenvalue weighted by Crippen LogP contribution is -2.26. The topological polar surface area (TPSA) is 25.4 Å². The Hall–Kier alpha value is -0.800. The molecule has 0 atom stereocenters. The van der Waals surface area contributed by atoms with E-state index < -0.39 is 0 Å². The van der Waals surface area contributed by atoms with Gasteiger partial charge in [-0.15, -0.1) is 11.6 Å². The molecule has 1 rings (SSSR count). The van der Waals surface area contributed by atoms with Crippen molar-refractivity contribution >= 4 is 17.4 Å². The molecular weight excluding hydrogens is 272 g/mol. The molecule has 0 unspecified atom stereocenters. The van der Waals surface area contributed by atoms with Gasteiger partial charge >= 0.3 is 0 Å². The molecule has 0 aliphatic heterocycles. The van der Waals surface area contributed by atoms with Gasteiger partial charge in [0.15, 0.2) is 0 Å². The maximum atomic E-state index is 6.00. The number of hydrogen-bond acceptors (Lipinski definition) is 3. The smallest absolute Gasteiger partial charge is 0.128 e. The van der Waals surface area contributed by atoms with Gasteiger partial charge in [0.05, 0.1) is 12.7 Å². The fraction of sp³-hybridized carbons (Fsp3) is 0.688. The molecule has 0 bridgehead atoms. The van der Waals surface area contributed by atoms with Crippen LogP contribution in [0.1, 0.15) is 45.9 Å². The summed E-state index contributed by atoms with van der Waals surface area (Å²) in [4.78, 5) is 6.88. The number of alkyl halides is 1. The summed E-state index contributed by atoms with van der Waals surface area (Å²) >= 11 is 6.00. The van der Waals surface area contributed by atoms with Gasteiger partial charge < -0.3 is 9.64 Å². The lowest BCUT2D eigenvalue weighted by Gasteiger charge is -2.24. The largest absolute Gasteiger partial charge is 0.377 e. The van der Waals surface area contributed by atoms with E-state index in [1.807, 2.05) is 20.9 Å². The van der Waals surface area contributed by atoms with Gasteiger partial charge in [0.2, 0.25) is 0 Å². The van der Waals surface area contributed by atoms with Crippen molar-refractivity contribution in [1.82, 2.24) is 4.98 Å². The highest BCUT2D eigenvalue weighted by molar-refractivity contribution is 6.17.